The van der Waals surface area contributed by atoms with Crippen molar-refractivity contribution in [2.24, 2.45) is 0 Å². The van der Waals surface area contributed by atoms with E-state index in [1.165, 1.54) is 28.6 Å². The van der Waals surface area contributed by atoms with Gasteiger partial charge in [-0.25, -0.2) is 8.42 Å². The van der Waals surface area contributed by atoms with Crippen molar-refractivity contribution in [3.63, 3.8) is 0 Å². The second kappa shape index (κ2) is 6.72. The van der Waals surface area contributed by atoms with Gasteiger partial charge in [-0.3, -0.25) is 15.0 Å². The second-order valence-electron chi connectivity index (χ2n) is 5.42. The Morgan fingerprint density at radius 2 is 1.82 bits per heavy atom. The molecule has 122 valence electrons. The van der Waals surface area contributed by atoms with Gasteiger partial charge in [-0.2, -0.15) is 4.31 Å². The first-order chi connectivity index (χ1) is 10.4. The summed E-state index contributed by atoms with van der Waals surface area (Å²) in [5.41, 5.74) is -0.369. The van der Waals surface area contributed by atoms with E-state index in [-0.39, 0.29) is 10.6 Å². The van der Waals surface area contributed by atoms with E-state index < -0.39 is 14.9 Å². The first kappa shape index (κ1) is 16.9. The van der Waals surface area contributed by atoms with Gasteiger partial charge < -0.3 is 0 Å². The monoisotopic (exact) mass is 327 g/mol. The largest absolute Gasteiger partial charge is 0.298 e. The summed E-state index contributed by atoms with van der Waals surface area (Å²) in [5.74, 6) is 0. The van der Waals surface area contributed by atoms with Crippen LogP contribution >= 0.6 is 0 Å². The minimum atomic E-state index is -3.83. The standard InChI is InChI=1S/C14H21N3O4S/c1-3-12(2)15-8-10-16(11-9-15)22(20,21)14-7-5-4-6-13(14)17(18)19/h4-7,12H,3,8-11H2,1-2H3/t12-/m0/s1. The van der Waals surface area contributed by atoms with Crippen molar-refractivity contribution in [3.05, 3.63) is 34.4 Å². The minimum absolute atomic E-state index is 0.225. The summed E-state index contributed by atoms with van der Waals surface area (Å²) in [4.78, 5) is 12.4. The fourth-order valence-electron chi connectivity index (χ4n) is 2.61. The van der Waals surface area contributed by atoms with Crippen LogP contribution in [0, 0.1) is 10.1 Å². The number of nitrogens with zero attached hydrogens (tertiary/aromatic N) is 3. The number of nitro benzene ring substituents is 1. The molecule has 0 aliphatic carbocycles. The van der Waals surface area contributed by atoms with E-state index in [0.29, 0.717) is 32.2 Å². The summed E-state index contributed by atoms with van der Waals surface area (Å²) in [5, 5.41) is 11.0. The molecule has 1 aromatic carbocycles. The molecule has 0 saturated carbocycles. The predicted octanol–water partition coefficient (Wildman–Crippen LogP) is 1.70. The van der Waals surface area contributed by atoms with Crippen LogP contribution in [0.25, 0.3) is 0 Å². The van der Waals surface area contributed by atoms with Crippen LogP contribution in [-0.2, 0) is 10.0 Å². The average molecular weight is 327 g/mol. The van der Waals surface area contributed by atoms with Gasteiger partial charge in [-0.1, -0.05) is 19.1 Å². The van der Waals surface area contributed by atoms with Crippen LogP contribution in [0.2, 0.25) is 0 Å². The fraction of sp³-hybridized carbons (Fsp3) is 0.571. The number of piperazine rings is 1. The molecule has 22 heavy (non-hydrogen) atoms. The van der Waals surface area contributed by atoms with Gasteiger partial charge >= 0.3 is 0 Å². The molecule has 1 aliphatic heterocycles. The first-order valence-electron chi connectivity index (χ1n) is 7.35. The molecule has 1 saturated heterocycles. The number of hydrogen-bond acceptors (Lipinski definition) is 5. The zero-order valence-electron chi connectivity index (χ0n) is 12.8. The van der Waals surface area contributed by atoms with Crippen molar-refractivity contribution in [1.29, 1.82) is 0 Å². The van der Waals surface area contributed by atoms with Crippen LogP contribution in [0.5, 0.6) is 0 Å². The predicted molar refractivity (Wildman–Crippen MR) is 83.2 cm³/mol. The van der Waals surface area contributed by atoms with E-state index in [2.05, 4.69) is 18.7 Å². The lowest BCUT2D eigenvalue weighted by Gasteiger charge is -2.37. The topological polar surface area (TPSA) is 83.8 Å². The number of hydrogen-bond donors (Lipinski definition) is 0. The maximum absolute atomic E-state index is 12.7. The third-order valence-corrected chi connectivity index (χ3v) is 6.11. The van der Waals surface area contributed by atoms with E-state index >= 15 is 0 Å². The Hall–Kier alpha value is -1.51. The van der Waals surface area contributed by atoms with E-state index in [1.54, 1.807) is 0 Å². The highest BCUT2D eigenvalue weighted by Gasteiger charge is 2.33. The lowest BCUT2D eigenvalue weighted by atomic mass is 10.2. The third kappa shape index (κ3) is 3.29. The van der Waals surface area contributed by atoms with Gasteiger partial charge in [0, 0.05) is 38.3 Å². The number of benzene rings is 1. The van der Waals surface area contributed by atoms with Crippen LogP contribution in [0.15, 0.2) is 29.2 Å². The quantitative estimate of drug-likeness (QED) is 0.607. The number of rotatable bonds is 5. The minimum Gasteiger partial charge on any atom is -0.298 e. The SMILES string of the molecule is CC[C@H](C)N1CCN(S(=O)(=O)c2ccccc2[N+](=O)[O-])CC1. The van der Waals surface area contributed by atoms with Crippen molar-refractivity contribution < 1.29 is 13.3 Å². The van der Waals surface area contributed by atoms with Crippen molar-refractivity contribution in [2.75, 3.05) is 26.2 Å². The highest BCUT2D eigenvalue weighted by molar-refractivity contribution is 7.89. The van der Waals surface area contributed by atoms with Crippen molar-refractivity contribution in [3.8, 4) is 0 Å². The molecule has 1 heterocycles. The van der Waals surface area contributed by atoms with Crippen LogP contribution < -0.4 is 0 Å². The smallest absolute Gasteiger partial charge is 0.289 e. The lowest BCUT2D eigenvalue weighted by Crippen LogP contribution is -2.51. The molecule has 0 aromatic heterocycles. The maximum Gasteiger partial charge on any atom is 0.289 e. The Balaban J connectivity index is 2.21. The van der Waals surface area contributed by atoms with Gasteiger partial charge in [0.15, 0.2) is 4.90 Å². The summed E-state index contributed by atoms with van der Waals surface area (Å²) < 4.78 is 26.7. The number of para-hydroxylation sites is 1. The maximum atomic E-state index is 12.7. The summed E-state index contributed by atoms with van der Waals surface area (Å²) in [6.45, 7) is 6.23. The normalized spacial score (nSPS) is 19.0. The van der Waals surface area contributed by atoms with Crippen LogP contribution in [-0.4, -0.2) is 54.8 Å². The van der Waals surface area contributed by atoms with E-state index in [9.17, 15) is 18.5 Å². The van der Waals surface area contributed by atoms with E-state index in [1.807, 2.05) is 0 Å². The Morgan fingerprint density at radius 1 is 1.23 bits per heavy atom. The molecule has 1 fully saturated rings. The molecule has 1 aliphatic rings. The molecule has 2 rings (SSSR count). The van der Waals surface area contributed by atoms with Crippen molar-refractivity contribution in [2.45, 2.75) is 31.2 Å². The molecule has 1 aromatic rings. The summed E-state index contributed by atoms with van der Waals surface area (Å²) in [7, 11) is -3.83. The third-order valence-electron chi connectivity index (χ3n) is 4.17. The van der Waals surface area contributed by atoms with Gasteiger partial charge in [-0.15, -0.1) is 0 Å². The van der Waals surface area contributed by atoms with Crippen LogP contribution in [0.1, 0.15) is 20.3 Å². The van der Waals surface area contributed by atoms with Gasteiger partial charge in [0.1, 0.15) is 0 Å². The zero-order chi connectivity index (χ0) is 16.3. The van der Waals surface area contributed by atoms with Crippen molar-refractivity contribution in [1.82, 2.24) is 9.21 Å². The molecule has 7 nitrogen and oxygen atoms in total. The van der Waals surface area contributed by atoms with Gasteiger partial charge in [0.25, 0.3) is 5.69 Å². The molecule has 0 N–H and O–H groups in total. The summed E-state index contributed by atoms with van der Waals surface area (Å²) >= 11 is 0. The molecule has 1 atom stereocenters. The van der Waals surface area contributed by atoms with Crippen LogP contribution in [0.4, 0.5) is 5.69 Å². The molecular formula is C14H21N3O4S. The zero-order valence-corrected chi connectivity index (χ0v) is 13.6. The Labute approximate surface area is 130 Å². The number of sulfonamides is 1. The molecule has 0 radical (unpaired) electrons. The first-order valence-corrected chi connectivity index (χ1v) is 8.79. The van der Waals surface area contributed by atoms with E-state index in [0.717, 1.165) is 6.42 Å². The fourth-order valence-corrected chi connectivity index (χ4v) is 4.19. The van der Waals surface area contributed by atoms with Gasteiger partial charge in [-0.05, 0) is 19.4 Å². The average Bonchev–Trinajstić information content (AvgIpc) is 2.54. The van der Waals surface area contributed by atoms with Crippen LogP contribution in [0.3, 0.4) is 0 Å². The van der Waals surface area contributed by atoms with Crippen molar-refractivity contribution >= 4 is 15.7 Å². The molecule has 0 bridgehead atoms. The highest BCUT2D eigenvalue weighted by atomic mass is 32.2. The molecule has 8 heteroatoms. The van der Waals surface area contributed by atoms with Gasteiger partial charge in [0.05, 0.1) is 4.92 Å². The summed E-state index contributed by atoms with van der Waals surface area (Å²) in [6, 6.07) is 5.92. The summed E-state index contributed by atoms with van der Waals surface area (Å²) in [6.07, 6.45) is 1.01. The Bertz CT molecular complexity index is 639. The molecule has 0 amide bonds. The molecule has 0 unspecified atom stereocenters. The highest BCUT2D eigenvalue weighted by Crippen LogP contribution is 2.27. The Kier molecular flexibility index (Phi) is 5.15. The Morgan fingerprint density at radius 3 is 2.36 bits per heavy atom. The van der Waals surface area contributed by atoms with Gasteiger partial charge in [0.2, 0.25) is 10.0 Å². The molecule has 0 spiro atoms. The van der Waals surface area contributed by atoms with E-state index in [4.69, 9.17) is 0 Å². The second-order valence-corrected chi connectivity index (χ2v) is 7.33. The molecular weight excluding hydrogens is 306 g/mol. The number of nitro groups is 1. The lowest BCUT2D eigenvalue weighted by molar-refractivity contribution is -0.387.